The van der Waals surface area contributed by atoms with Crippen molar-refractivity contribution in [3.8, 4) is 0 Å². The van der Waals surface area contributed by atoms with Crippen LogP contribution < -0.4 is 11.1 Å². The van der Waals surface area contributed by atoms with E-state index in [2.05, 4.69) is 5.32 Å². The van der Waals surface area contributed by atoms with E-state index in [4.69, 9.17) is 22.4 Å². The number of aliphatic hydroxyl groups excluding tert-OH is 1. The summed E-state index contributed by atoms with van der Waals surface area (Å²) in [6.45, 7) is 0.588. The summed E-state index contributed by atoms with van der Waals surface area (Å²) in [4.78, 5) is 13.3. The van der Waals surface area contributed by atoms with Crippen molar-refractivity contribution < 1.29 is 18.7 Å². The van der Waals surface area contributed by atoms with Gasteiger partial charge in [0.05, 0.1) is 29.9 Å². The standard InChI is InChI=1S/C13H18ClF2N3O2/c1-8(19(4-5-20)7-12(15)16)13(21)18-9-2-3-10(14)11(17)6-9/h2-3,6,8,12,20H,4-5,7,17H2,1H3,(H,18,21). The molecule has 8 heteroatoms. The van der Waals surface area contributed by atoms with Gasteiger partial charge in [-0.15, -0.1) is 0 Å². The summed E-state index contributed by atoms with van der Waals surface area (Å²) in [5.41, 5.74) is 6.35. The van der Waals surface area contributed by atoms with Crippen LogP contribution in [0.25, 0.3) is 0 Å². The molecule has 1 amide bonds. The molecule has 0 fully saturated rings. The normalized spacial score (nSPS) is 12.7. The molecule has 0 aliphatic carbocycles. The highest BCUT2D eigenvalue weighted by Crippen LogP contribution is 2.22. The van der Waals surface area contributed by atoms with E-state index in [-0.39, 0.29) is 13.2 Å². The van der Waals surface area contributed by atoms with E-state index in [0.717, 1.165) is 0 Å². The first-order valence-electron chi connectivity index (χ1n) is 6.34. The monoisotopic (exact) mass is 321 g/mol. The summed E-state index contributed by atoms with van der Waals surface area (Å²) < 4.78 is 24.9. The highest BCUT2D eigenvalue weighted by atomic mass is 35.5. The lowest BCUT2D eigenvalue weighted by molar-refractivity contribution is -0.121. The Balaban J connectivity index is 2.73. The number of aliphatic hydroxyl groups is 1. The third kappa shape index (κ3) is 5.45. The van der Waals surface area contributed by atoms with Gasteiger partial charge in [-0.05, 0) is 25.1 Å². The van der Waals surface area contributed by atoms with Gasteiger partial charge < -0.3 is 16.2 Å². The quantitative estimate of drug-likeness (QED) is 0.669. The Labute approximate surface area is 126 Å². The first-order chi connectivity index (χ1) is 9.85. The second-order valence-corrected chi connectivity index (χ2v) is 4.92. The number of carbonyl (C=O) groups excluding carboxylic acids is 1. The average molecular weight is 322 g/mol. The minimum atomic E-state index is -2.59. The Hall–Kier alpha value is -1.44. The van der Waals surface area contributed by atoms with Gasteiger partial charge in [0.1, 0.15) is 0 Å². The average Bonchev–Trinajstić information content (AvgIpc) is 2.41. The fraction of sp³-hybridized carbons (Fsp3) is 0.462. The fourth-order valence-corrected chi connectivity index (χ4v) is 1.90. The topological polar surface area (TPSA) is 78.6 Å². The van der Waals surface area contributed by atoms with Crippen molar-refractivity contribution >= 4 is 28.9 Å². The van der Waals surface area contributed by atoms with Crippen LogP contribution in [0.3, 0.4) is 0 Å². The summed E-state index contributed by atoms with van der Waals surface area (Å²) in [6, 6.07) is 3.76. The zero-order chi connectivity index (χ0) is 16.0. The number of anilines is 2. The Morgan fingerprint density at radius 1 is 1.52 bits per heavy atom. The molecule has 0 aromatic heterocycles. The van der Waals surface area contributed by atoms with Crippen LogP contribution >= 0.6 is 11.6 Å². The zero-order valence-electron chi connectivity index (χ0n) is 11.5. The van der Waals surface area contributed by atoms with Gasteiger partial charge in [0.15, 0.2) is 0 Å². The molecule has 1 unspecified atom stereocenters. The van der Waals surface area contributed by atoms with Crippen LogP contribution in [0.15, 0.2) is 18.2 Å². The number of nitrogens with zero attached hydrogens (tertiary/aromatic N) is 1. The molecule has 1 rings (SSSR count). The lowest BCUT2D eigenvalue weighted by Gasteiger charge is -2.27. The molecule has 1 aromatic carbocycles. The van der Waals surface area contributed by atoms with Crippen LogP contribution in [-0.4, -0.2) is 48.1 Å². The number of nitrogens with two attached hydrogens (primary N) is 1. The van der Waals surface area contributed by atoms with Crippen molar-refractivity contribution in [1.29, 1.82) is 0 Å². The second kappa shape index (κ2) is 8.11. The second-order valence-electron chi connectivity index (χ2n) is 4.51. The predicted octanol–water partition coefficient (Wildman–Crippen LogP) is 1.81. The fourth-order valence-electron chi connectivity index (χ4n) is 1.78. The zero-order valence-corrected chi connectivity index (χ0v) is 12.3. The first kappa shape index (κ1) is 17.6. The first-order valence-corrected chi connectivity index (χ1v) is 6.72. The minimum Gasteiger partial charge on any atom is -0.397 e. The number of nitrogens with one attached hydrogen (secondary N) is 1. The maximum atomic E-state index is 12.5. The van der Waals surface area contributed by atoms with Crippen molar-refractivity contribution in [2.45, 2.75) is 19.4 Å². The third-order valence-corrected chi connectivity index (χ3v) is 3.29. The summed E-state index contributed by atoms with van der Waals surface area (Å²) in [5, 5.41) is 11.8. The van der Waals surface area contributed by atoms with Crippen molar-refractivity contribution in [1.82, 2.24) is 4.90 Å². The van der Waals surface area contributed by atoms with Gasteiger partial charge in [0, 0.05) is 12.2 Å². The van der Waals surface area contributed by atoms with E-state index < -0.39 is 24.9 Å². The molecule has 0 saturated carbocycles. The number of hydrogen-bond donors (Lipinski definition) is 3. The summed E-state index contributed by atoms with van der Waals surface area (Å²) in [5.74, 6) is -0.467. The molecule has 0 radical (unpaired) electrons. The third-order valence-electron chi connectivity index (χ3n) is 2.95. The molecule has 0 bridgehead atoms. The maximum absolute atomic E-state index is 12.5. The van der Waals surface area contributed by atoms with Crippen LogP contribution in [0.5, 0.6) is 0 Å². The van der Waals surface area contributed by atoms with Crippen molar-refractivity contribution in [2.75, 3.05) is 30.7 Å². The number of benzene rings is 1. The Kier molecular flexibility index (Phi) is 6.80. The molecule has 0 heterocycles. The Morgan fingerprint density at radius 2 is 2.19 bits per heavy atom. The molecule has 0 aliphatic heterocycles. The Morgan fingerprint density at radius 3 is 2.71 bits per heavy atom. The predicted molar refractivity (Wildman–Crippen MR) is 78.6 cm³/mol. The maximum Gasteiger partial charge on any atom is 0.251 e. The number of amides is 1. The number of nitrogen functional groups attached to an aromatic ring is 1. The lowest BCUT2D eigenvalue weighted by atomic mass is 10.2. The number of carbonyl (C=O) groups is 1. The molecule has 0 aliphatic rings. The minimum absolute atomic E-state index is 0.0122. The van der Waals surface area contributed by atoms with Crippen molar-refractivity contribution in [2.24, 2.45) is 0 Å². The van der Waals surface area contributed by atoms with E-state index in [9.17, 15) is 13.6 Å². The molecule has 1 aromatic rings. The highest BCUT2D eigenvalue weighted by Gasteiger charge is 2.23. The van der Waals surface area contributed by atoms with Gasteiger partial charge in [0.25, 0.3) is 6.43 Å². The van der Waals surface area contributed by atoms with Crippen molar-refractivity contribution in [3.63, 3.8) is 0 Å². The number of rotatable bonds is 7. The smallest absolute Gasteiger partial charge is 0.251 e. The lowest BCUT2D eigenvalue weighted by Crippen LogP contribution is -2.45. The SMILES string of the molecule is CC(C(=O)Nc1ccc(Cl)c(N)c1)N(CCO)CC(F)F. The molecule has 4 N–H and O–H groups in total. The van der Waals surface area contributed by atoms with Crippen LogP contribution in [0.1, 0.15) is 6.92 Å². The summed E-state index contributed by atoms with van der Waals surface area (Å²) >= 11 is 5.77. The van der Waals surface area contributed by atoms with Crippen LogP contribution in [0, 0.1) is 0 Å². The van der Waals surface area contributed by atoms with Gasteiger partial charge in [-0.25, -0.2) is 8.78 Å². The molecule has 21 heavy (non-hydrogen) atoms. The largest absolute Gasteiger partial charge is 0.397 e. The highest BCUT2D eigenvalue weighted by molar-refractivity contribution is 6.33. The summed E-state index contributed by atoms with van der Waals surface area (Å²) in [6.07, 6.45) is -2.59. The van der Waals surface area contributed by atoms with Crippen LogP contribution in [0.2, 0.25) is 5.02 Å². The Bertz CT molecular complexity index is 488. The van der Waals surface area contributed by atoms with Crippen LogP contribution in [0.4, 0.5) is 20.2 Å². The molecule has 1 atom stereocenters. The molecule has 118 valence electrons. The molecule has 0 saturated heterocycles. The van der Waals surface area contributed by atoms with E-state index in [1.54, 1.807) is 6.07 Å². The van der Waals surface area contributed by atoms with Gasteiger partial charge >= 0.3 is 0 Å². The number of hydrogen-bond acceptors (Lipinski definition) is 4. The van der Waals surface area contributed by atoms with Gasteiger partial charge in [-0.3, -0.25) is 9.69 Å². The van der Waals surface area contributed by atoms with E-state index in [1.807, 2.05) is 0 Å². The number of alkyl halides is 2. The molecular formula is C13H18ClF2N3O2. The summed E-state index contributed by atoms with van der Waals surface area (Å²) in [7, 11) is 0. The molecular weight excluding hydrogens is 304 g/mol. The van der Waals surface area contributed by atoms with E-state index in [0.29, 0.717) is 16.4 Å². The van der Waals surface area contributed by atoms with E-state index >= 15 is 0 Å². The van der Waals surface area contributed by atoms with E-state index in [1.165, 1.54) is 24.0 Å². The van der Waals surface area contributed by atoms with Gasteiger partial charge in [-0.2, -0.15) is 0 Å². The van der Waals surface area contributed by atoms with Crippen molar-refractivity contribution in [3.05, 3.63) is 23.2 Å². The molecule has 5 nitrogen and oxygen atoms in total. The van der Waals surface area contributed by atoms with Gasteiger partial charge in [-0.1, -0.05) is 11.6 Å². The number of halogens is 3. The van der Waals surface area contributed by atoms with Gasteiger partial charge in [0.2, 0.25) is 5.91 Å². The van der Waals surface area contributed by atoms with Crippen LogP contribution in [-0.2, 0) is 4.79 Å². The molecule has 0 spiro atoms.